The fraction of sp³-hybridized carbons (Fsp3) is 0.250. The zero-order valence-electron chi connectivity index (χ0n) is 11.9. The second kappa shape index (κ2) is 5.33. The Morgan fingerprint density at radius 1 is 1.10 bits per heavy atom. The van der Waals surface area contributed by atoms with E-state index in [0.717, 1.165) is 11.1 Å². The van der Waals surface area contributed by atoms with Gasteiger partial charge >= 0.3 is 5.97 Å². The van der Waals surface area contributed by atoms with Crippen LogP contribution in [0.2, 0.25) is 0 Å². The number of esters is 1. The van der Waals surface area contributed by atoms with Gasteiger partial charge in [0.1, 0.15) is 5.60 Å². The van der Waals surface area contributed by atoms with Gasteiger partial charge in [-0.25, -0.2) is 4.79 Å². The highest BCUT2D eigenvalue weighted by Crippen LogP contribution is 2.21. The van der Waals surface area contributed by atoms with E-state index in [1.165, 1.54) is 0 Å². The number of benzene rings is 1. The Bertz CT molecular complexity index is 613. The highest BCUT2D eigenvalue weighted by atomic mass is 16.6. The first kappa shape index (κ1) is 14.1. The first-order valence-corrected chi connectivity index (χ1v) is 6.39. The lowest BCUT2D eigenvalue weighted by atomic mass is 10.1. The molecule has 1 heterocycles. The van der Waals surface area contributed by atoms with Crippen molar-refractivity contribution in [1.82, 2.24) is 4.98 Å². The number of aromatic nitrogens is 1. The van der Waals surface area contributed by atoms with E-state index in [-0.39, 0.29) is 5.97 Å². The van der Waals surface area contributed by atoms with E-state index < -0.39 is 5.60 Å². The topological polar surface area (TPSA) is 65.2 Å². The van der Waals surface area contributed by atoms with Crippen LogP contribution in [0, 0.1) is 0 Å². The van der Waals surface area contributed by atoms with Crippen molar-refractivity contribution in [2.75, 3.05) is 5.73 Å². The van der Waals surface area contributed by atoms with E-state index >= 15 is 0 Å². The van der Waals surface area contributed by atoms with Gasteiger partial charge < -0.3 is 10.5 Å². The third kappa shape index (κ3) is 3.57. The van der Waals surface area contributed by atoms with Gasteiger partial charge in [0.15, 0.2) is 0 Å². The van der Waals surface area contributed by atoms with Gasteiger partial charge in [-0.3, -0.25) is 4.98 Å². The second-order valence-electron chi connectivity index (χ2n) is 5.59. The van der Waals surface area contributed by atoms with Gasteiger partial charge in [0.25, 0.3) is 0 Å². The normalized spacial score (nSPS) is 11.2. The van der Waals surface area contributed by atoms with Crippen molar-refractivity contribution in [3.8, 4) is 11.1 Å². The van der Waals surface area contributed by atoms with Crippen molar-refractivity contribution in [2.24, 2.45) is 0 Å². The maximum atomic E-state index is 11.9. The van der Waals surface area contributed by atoms with Crippen LogP contribution in [0.15, 0.2) is 42.7 Å². The Morgan fingerprint density at radius 3 is 2.30 bits per heavy atom. The van der Waals surface area contributed by atoms with E-state index in [2.05, 4.69) is 4.98 Å². The van der Waals surface area contributed by atoms with Crippen molar-refractivity contribution in [1.29, 1.82) is 0 Å². The van der Waals surface area contributed by atoms with Gasteiger partial charge in [0.2, 0.25) is 0 Å². The number of nitrogen functional groups attached to an aromatic ring is 1. The van der Waals surface area contributed by atoms with Crippen LogP contribution in [0.1, 0.15) is 31.1 Å². The van der Waals surface area contributed by atoms with Crippen LogP contribution in [0.5, 0.6) is 0 Å². The molecule has 0 radical (unpaired) electrons. The maximum Gasteiger partial charge on any atom is 0.338 e. The van der Waals surface area contributed by atoms with E-state index in [4.69, 9.17) is 10.5 Å². The lowest BCUT2D eigenvalue weighted by molar-refractivity contribution is 0.00696. The molecule has 0 aliphatic carbocycles. The number of carbonyl (C=O) groups excluding carboxylic acids is 1. The molecular weight excluding hydrogens is 252 g/mol. The van der Waals surface area contributed by atoms with Crippen molar-refractivity contribution < 1.29 is 9.53 Å². The number of hydrogen-bond donors (Lipinski definition) is 1. The molecule has 0 aliphatic rings. The number of pyridine rings is 1. The minimum absolute atomic E-state index is 0.324. The molecule has 0 amide bonds. The largest absolute Gasteiger partial charge is 0.456 e. The van der Waals surface area contributed by atoms with Gasteiger partial charge in [0, 0.05) is 18.0 Å². The van der Waals surface area contributed by atoms with Crippen LogP contribution in [0.25, 0.3) is 11.1 Å². The fourth-order valence-corrected chi connectivity index (χ4v) is 1.75. The summed E-state index contributed by atoms with van der Waals surface area (Å²) >= 11 is 0. The average molecular weight is 270 g/mol. The molecule has 1 aromatic heterocycles. The molecule has 0 spiro atoms. The maximum absolute atomic E-state index is 11.9. The Morgan fingerprint density at radius 2 is 1.75 bits per heavy atom. The zero-order valence-corrected chi connectivity index (χ0v) is 11.9. The van der Waals surface area contributed by atoms with Crippen LogP contribution >= 0.6 is 0 Å². The Balaban J connectivity index is 2.20. The third-order valence-electron chi connectivity index (χ3n) is 2.61. The standard InChI is InChI=1S/C16H18N2O2/c1-16(2,3)20-15(19)12-6-4-11(5-7-12)13-8-14(17)10-18-9-13/h4-10H,17H2,1-3H3. The number of ether oxygens (including phenoxy) is 1. The average Bonchev–Trinajstić information content (AvgIpc) is 2.37. The van der Waals surface area contributed by atoms with Crippen LogP contribution in [0.3, 0.4) is 0 Å². The quantitative estimate of drug-likeness (QED) is 0.850. The van der Waals surface area contributed by atoms with Gasteiger partial charge in [-0.05, 0) is 44.5 Å². The van der Waals surface area contributed by atoms with Gasteiger partial charge in [0.05, 0.1) is 11.3 Å². The molecule has 2 rings (SSSR count). The van der Waals surface area contributed by atoms with E-state index in [1.807, 2.05) is 39.0 Å². The highest BCUT2D eigenvalue weighted by molar-refractivity contribution is 5.90. The number of carbonyl (C=O) groups is 1. The summed E-state index contributed by atoms with van der Waals surface area (Å²) in [6.45, 7) is 5.53. The van der Waals surface area contributed by atoms with Crippen molar-refractivity contribution >= 4 is 11.7 Å². The molecule has 4 heteroatoms. The molecule has 0 fully saturated rings. The molecule has 0 bridgehead atoms. The van der Waals surface area contributed by atoms with Crippen molar-refractivity contribution in [2.45, 2.75) is 26.4 Å². The first-order valence-electron chi connectivity index (χ1n) is 6.39. The van der Waals surface area contributed by atoms with E-state index in [9.17, 15) is 4.79 Å². The molecule has 0 saturated carbocycles. The van der Waals surface area contributed by atoms with Gasteiger partial charge in [-0.1, -0.05) is 12.1 Å². The molecule has 0 unspecified atom stereocenters. The molecular formula is C16H18N2O2. The lowest BCUT2D eigenvalue weighted by Gasteiger charge is -2.19. The molecule has 0 atom stereocenters. The summed E-state index contributed by atoms with van der Waals surface area (Å²) < 4.78 is 5.32. The summed E-state index contributed by atoms with van der Waals surface area (Å²) in [7, 11) is 0. The summed E-state index contributed by atoms with van der Waals surface area (Å²) in [5.41, 5.74) is 8.23. The van der Waals surface area contributed by atoms with Gasteiger partial charge in [-0.2, -0.15) is 0 Å². The second-order valence-corrected chi connectivity index (χ2v) is 5.59. The minimum Gasteiger partial charge on any atom is -0.456 e. The molecule has 1 aromatic carbocycles. The first-order chi connectivity index (χ1) is 9.35. The van der Waals surface area contributed by atoms with Crippen molar-refractivity contribution in [3.05, 3.63) is 48.3 Å². The third-order valence-corrected chi connectivity index (χ3v) is 2.61. The van der Waals surface area contributed by atoms with Gasteiger partial charge in [-0.15, -0.1) is 0 Å². The lowest BCUT2D eigenvalue weighted by Crippen LogP contribution is -2.23. The monoisotopic (exact) mass is 270 g/mol. The summed E-state index contributed by atoms with van der Waals surface area (Å²) in [6.07, 6.45) is 3.33. The Hall–Kier alpha value is -2.36. The number of hydrogen-bond acceptors (Lipinski definition) is 4. The van der Waals surface area contributed by atoms with Crippen LogP contribution in [0.4, 0.5) is 5.69 Å². The van der Waals surface area contributed by atoms with E-state index in [1.54, 1.807) is 24.5 Å². The number of nitrogens with two attached hydrogens (primary N) is 1. The molecule has 20 heavy (non-hydrogen) atoms. The van der Waals surface area contributed by atoms with Crippen LogP contribution in [-0.4, -0.2) is 16.6 Å². The molecule has 0 saturated heterocycles. The molecule has 0 aliphatic heterocycles. The summed E-state index contributed by atoms with van der Waals surface area (Å²) in [6, 6.07) is 9.04. The number of anilines is 1. The Labute approximate surface area is 118 Å². The SMILES string of the molecule is CC(C)(C)OC(=O)c1ccc(-c2cncc(N)c2)cc1. The molecule has 2 N–H and O–H groups in total. The van der Waals surface area contributed by atoms with E-state index in [0.29, 0.717) is 11.3 Å². The molecule has 2 aromatic rings. The summed E-state index contributed by atoms with van der Waals surface area (Å²) in [4.78, 5) is 16.0. The number of rotatable bonds is 2. The number of nitrogens with zero attached hydrogens (tertiary/aromatic N) is 1. The fourth-order valence-electron chi connectivity index (χ4n) is 1.75. The minimum atomic E-state index is -0.493. The van der Waals surface area contributed by atoms with Crippen molar-refractivity contribution in [3.63, 3.8) is 0 Å². The molecule has 4 nitrogen and oxygen atoms in total. The van der Waals surface area contributed by atoms with Crippen LogP contribution in [-0.2, 0) is 4.74 Å². The molecule has 104 valence electrons. The van der Waals surface area contributed by atoms with Crippen LogP contribution < -0.4 is 5.73 Å². The predicted octanol–water partition coefficient (Wildman–Crippen LogP) is 3.29. The summed E-state index contributed by atoms with van der Waals surface area (Å²) in [5.74, 6) is -0.324. The zero-order chi connectivity index (χ0) is 14.8. The smallest absolute Gasteiger partial charge is 0.338 e. The highest BCUT2D eigenvalue weighted by Gasteiger charge is 2.17. The summed E-state index contributed by atoms with van der Waals surface area (Å²) in [5, 5.41) is 0. The predicted molar refractivity (Wildman–Crippen MR) is 79.3 cm³/mol. The Kier molecular flexibility index (Phi) is 3.74.